The van der Waals surface area contributed by atoms with E-state index in [9.17, 15) is 4.79 Å². The quantitative estimate of drug-likeness (QED) is 0.934. The van der Waals surface area contributed by atoms with Crippen LogP contribution in [0.1, 0.15) is 15.9 Å². The highest BCUT2D eigenvalue weighted by molar-refractivity contribution is 5.88. The summed E-state index contributed by atoms with van der Waals surface area (Å²) in [5.74, 6) is -0.0142. The Kier molecular flexibility index (Phi) is 4.02. The lowest BCUT2D eigenvalue weighted by molar-refractivity contribution is 0.0697. The van der Waals surface area contributed by atoms with E-state index in [1.54, 1.807) is 12.3 Å². The summed E-state index contributed by atoms with van der Waals surface area (Å²) in [6, 6.07) is 5.03. The molecular formula is C16H17N3O3. The number of rotatable bonds is 3. The van der Waals surface area contributed by atoms with Crippen LogP contribution in [0.15, 0.2) is 30.6 Å². The molecule has 0 unspecified atom stereocenters. The van der Waals surface area contributed by atoms with E-state index in [-0.39, 0.29) is 5.56 Å². The van der Waals surface area contributed by atoms with Gasteiger partial charge in [-0.25, -0.2) is 9.78 Å². The Bertz CT molecular complexity index is 697. The van der Waals surface area contributed by atoms with Gasteiger partial charge in [-0.15, -0.1) is 0 Å². The molecule has 3 rings (SSSR count). The number of carboxylic acid groups (broad SMARTS) is 1. The predicted octanol–water partition coefficient (Wildman–Crippen LogP) is 1.99. The number of ether oxygens (including phenoxy) is 1. The molecule has 0 bridgehead atoms. The summed E-state index contributed by atoms with van der Waals surface area (Å²) >= 11 is 0. The van der Waals surface area contributed by atoms with E-state index in [1.807, 2.05) is 13.0 Å². The van der Waals surface area contributed by atoms with Crippen LogP contribution in [0.4, 0.5) is 5.82 Å². The maximum absolute atomic E-state index is 11.1. The number of aromatic carboxylic acids is 1. The van der Waals surface area contributed by atoms with Crippen molar-refractivity contribution in [3.05, 3.63) is 41.7 Å². The van der Waals surface area contributed by atoms with Gasteiger partial charge >= 0.3 is 5.97 Å². The van der Waals surface area contributed by atoms with E-state index in [1.165, 1.54) is 12.3 Å². The summed E-state index contributed by atoms with van der Waals surface area (Å²) in [6.45, 7) is 5.10. The molecule has 1 N–H and O–H groups in total. The molecule has 0 amide bonds. The smallest absolute Gasteiger partial charge is 0.335 e. The van der Waals surface area contributed by atoms with Gasteiger partial charge in [0.25, 0.3) is 0 Å². The van der Waals surface area contributed by atoms with E-state index in [0.29, 0.717) is 18.9 Å². The molecule has 6 heteroatoms. The van der Waals surface area contributed by atoms with Crippen LogP contribution in [0.2, 0.25) is 0 Å². The summed E-state index contributed by atoms with van der Waals surface area (Å²) in [5, 5.41) is 9.06. The number of carbonyl (C=O) groups is 1. The van der Waals surface area contributed by atoms with Crippen LogP contribution >= 0.6 is 0 Å². The lowest BCUT2D eigenvalue weighted by Crippen LogP contribution is -2.37. The Morgan fingerprint density at radius 1 is 1.27 bits per heavy atom. The SMILES string of the molecule is Cc1cc(-c2cc(C(=O)O)ccn2)cnc1N1CCOCC1. The van der Waals surface area contributed by atoms with Gasteiger partial charge in [0, 0.05) is 31.0 Å². The molecule has 6 nitrogen and oxygen atoms in total. The Morgan fingerprint density at radius 3 is 2.73 bits per heavy atom. The third-order valence-corrected chi connectivity index (χ3v) is 3.66. The second-order valence-corrected chi connectivity index (χ2v) is 5.20. The van der Waals surface area contributed by atoms with Crippen molar-refractivity contribution in [2.45, 2.75) is 6.92 Å². The van der Waals surface area contributed by atoms with E-state index in [4.69, 9.17) is 9.84 Å². The fraction of sp³-hybridized carbons (Fsp3) is 0.312. The molecule has 3 heterocycles. The Balaban J connectivity index is 1.91. The minimum absolute atomic E-state index is 0.222. The summed E-state index contributed by atoms with van der Waals surface area (Å²) in [5.41, 5.74) is 2.70. The predicted molar refractivity (Wildman–Crippen MR) is 82.2 cm³/mol. The molecule has 2 aromatic heterocycles. The topological polar surface area (TPSA) is 75.5 Å². The second kappa shape index (κ2) is 6.11. The molecule has 0 spiro atoms. The first-order chi connectivity index (χ1) is 10.6. The third kappa shape index (κ3) is 2.92. The Morgan fingerprint density at radius 2 is 2.05 bits per heavy atom. The summed E-state index contributed by atoms with van der Waals surface area (Å²) in [4.78, 5) is 22.0. The number of nitrogens with zero attached hydrogens (tertiary/aromatic N) is 3. The fourth-order valence-corrected chi connectivity index (χ4v) is 2.54. The lowest BCUT2D eigenvalue weighted by atomic mass is 10.1. The fourth-order valence-electron chi connectivity index (χ4n) is 2.54. The minimum Gasteiger partial charge on any atom is -0.478 e. The largest absolute Gasteiger partial charge is 0.478 e. The van der Waals surface area contributed by atoms with Gasteiger partial charge in [0.1, 0.15) is 5.82 Å². The maximum Gasteiger partial charge on any atom is 0.335 e. The van der Waals surface area contributed by atoms with Gasteiger partial charge < -0.3 is 14.7 Å². The molecule has 0 saturated carbocycles. The van der Waals surface area contributed by atoms with Crippen LogP contribution in [-0.4, -0.2) is 47.3 Å². The zero-order chi connectivity index (χ0) is 15.5. The molecule has 22 heavy (non-hydrogen) atoms. The van der Waals surface area contributed by atoms with Gasteiger partial charge in [-0.3, -0.25) is 4.98 Å². The average molecular weight is 299 g/mol. The van der Waals surface area contributed by atoms with Crippen molar-refractivity contribution in [3.63, 3.8) is 0 Å². The normalized spacial score (nSPS) is 14.9. The van der Waals surface area contributed by atoms with E-state index in [0.717, 1.165) is 30.0 Å². The van der Waals surface area contributed by atoms with Gasteiger partial charge in [-0.2, -0.15) is 0 Å². The maximum atomic E-state index is 11.1. The Hall–Kier alpha value is -2.47. The summed E-state index contributed by atoms with van der Waals surface area (Å²) < 4.78 is 5.35. The van der Waals surface area contributed by atoms with Crippen LogP contribution in [0.5, 0.6) is 0 Å². The first-order valence-corrected chi connectivity index (χ1v) is 7.14. The summed E-state index contributed by atoms with van der Waals surface area (Å²) in [7, 11) is 0. The van der Waals surface area contributed by atoms with Gasteiger partial charge in [-0.1, -0.05) is 0 Å². The molecule has 114 valence electrons. The number of aromatic nitrogens is 2. The molecule has 1 saturated heterocycles. The van der Waals surface area contributed by atoms with Crippen molar-refractivity contribution in [2.75, 3.05) is 31.2 Å². The van der Waals surface area contributed by atoms with Crippen LogP contribution in [-0.2, 0) is 4.74 Å². The number of pyridine rings is 2. The van der Waals surface area contributed by atoms with Gasteiger partial charge in [-0.05, 0) is 30.7 Å². The van der Waals surface area contributed by atoms with Crippen molar-refractivity contribution in [1.29, 1.82) is 0 Å². The van der Waals surface area contributed by atoms with Crippen LogP contribution in [0.3, 0.4) is 0 Å². The second-order valence-electron chi connectivity index (χ2n) is 5.20. The van der Waals surface area contributed by atoms with E-state index < -0.39 is 5.97 Å². The first-order valence-electron chi connectivity index (χ1n) is 7.14. The molecule has 1 aliphatic heterocycles. The summed E-state index contributed by atoms with van der Waals surface area (Å²) in [6.07, 6.45) is 3.25. The van der Waals surface area contributed by atoms with E-state index >= 15 is 0 Å². The van der Waals surface area contributed by atoms with Crippen LogP contribution < -0.4 is 4.90 Å². The number of carboxylic acids is 1. The number of anilines is 1. The number of hydrogen-bond acceptors (Lipinski definition) is 5. The van der Waals surface area contributed by atoms with Gasteiger partial charge in [0.2, 0.25) is 0 Å². The monoisotopic (exact) mass is 299 g/mol. The zero-order valence-electron chi connectivity index (χ0n) is 12.3. The van der Waals surface area contributed by atoms with Crippen molar-refractivity contribution in [2.24, 2.45) is 0 Å². The van der Waals surface area contributed by atoms with Gasteiger partial charge in [0.05, 0.1) is 24.5 Å². The molecule has 0 aromatic carbocycles. The molecule has 0 atom stereocenters. The highest BCUT2D eigenvalue weighted by atomic mass is 16.5. The molecule has 2 aromatic rings. The van der Waals surface area contributed by atoms with Gasteiger partial charge in [0.15, 0.2) is 0 Å². The highest BCUT2D eigenvalue weighted by Gasteiger charge is 2.15. The molecule has 1 aliphatic rings. The number of morpholine rings is 1. The molecule has 1 fully saturated rings. The molecule has 0 radical (unpaired) electrons. The molecular weight excluding hydrogens is 282 g/mol. The van der Waals surface area contributed by atoms with E-state index in [2.05, 4.69) is 14.9 Å². The average Bonchev–Trinajstić information content (AvgIpc) is 2.55. The van der Waals surface area contributed by atoms with Crippen LogP contribution in [0, 0.1) is 6.92 Å². The number of aryl methyl sites for hydroxylation is 1. The zero-order valence-corrected chi connectivity index (χ0v) is 12.3. The van der Waals surface area contributed by atoms with Crippen LogP contribution in [0.25, 0.3) is 11.3 Å². The van der Waals surface area contributed by atoms with Crippen molar-refractivity contribution in [1.82, 2.24) is 9.97 Å². The third-order valence-electron chi connectivity index (χ3n) is 3.66. The standard InChI is InChI=1S/C16H17N3O3/c1-11-8-13(14-9-12(16(20)21)2-3-17-14)10-18-15(11)19-4-6-22-7-5-19/h2-3,8-10H,4-7H2,1H3,(H,20,21). The van der Waals surface area contributed by atoms with Crippen molar-refractivity contribution < 1.29 is 14.6 Å². The molecule has 0 aliphatic carbocycles. The lowest BCUT2D eigenvalue weighted by Gasteiger charge is -2.29. The number of hydrogen-bond donors (Lipinski definition) is 1. The minimum atomic E-state index is -0.960. The Labute approximate surface area is 128 Å². The first kappa shape index (κ1) is 14.5. The highest BCUT2D eigenvalue weighted by Crippen LogP contribution is 2.24. The van der Waals surface area contributed by atoms with Crippen molar-refractivity contribution >= 4 is 11.8 Å². The van der Waals surface area contributed by atoms with Crippen molar-refractivity contribution in [3.8, 4) is 11.3 Å².